The second kappa shape index (κ2) is 7.99. The largest absolute Gasteiger partial charge is 0.322 e. The number of aryl methyl sites for hydroxylation is 1. The molecule has 24 heavy (non-hydrogen) atoms. The predicted molar refractivity (Wildman–Crippen MR) is 98.1 cm³/mol. The molecule has 0 aliphatic heterocycles. The van der Waals surface area contributed by atoms with Crippen molar-refractivity contribution < 1.29 is 9.59 Å². The summed E-state index contributed by atoms with van der Waals surface area (Å²) in [5, 5.41) is 6.00. The van der Waals surface area contributed by atoms with Crippen LogP contribution in [0.4, 0.5) is 5.69 Å². The van der Waals surface area contributed by atoms with Crippen LogP contribution in [0.25, 0.3) is 6.08 Å². The Morgan fingerprint density at radius 3 is 2.42 bits per heavy atom. The third kappa shape index (κ3) is 4.85. The lowest BCUT2D eigenvalue weighted by Gasteiger charge is -2.11. The molecule has 2 N–H and O–H groups in total. The molecule has 2 aromatic rings. The smallest absolute Gasteiger partial charge is 0.272 e. The van der Waals surface area contributed by atoms with E-state index in [0.717, 1.165) is 11.1 Å². The summed E-state index contributed by atoms with van der Waals surface area (Å²) in [6, 6.07) is 12.3. The third-order valence-electron chi connectivity index (χ3n) is 3.22. The Morgan fingerprint density at radius 2 is 1.79 bits per heavy atom. The highest BCUT2D eigenvalue weighted by atomic mass is 35.5. The van der Waals surface area contributed by atoms with E-state index in [1.165, 1.54) is 13.0 Å². The zero-order chi connectivity index (χ0) is 17.7. The van der Waals surface area contributed by atoms with Crippen molar-refractivity contribution in [1.29, 1.82) is 0 Å². The Morgan fingerprint density at radius 1 is 1.08 bits per heavy atom. The summed E-state index contributed by atoms with van der Waals surface area (Å²) in [6.45, 7) is 3.26. The molecular weight excluding hydrogens is 347 g/mol. The topological polar surface area (TPSA) is 58.2 Å². The minimum atomic E-state index is -0.474. The molecule has 4 nitrogen and oxygen atoms in total. The highest BCUT2D eigenvalue weighted by Crippen LogP contribution is 2.25. The van der Waals surface area contributed by atoms with Gasteiger partial charge in [0.25, 0.3) is 5.91 Å². The van der Waals surface area contributed by atoms with E-state index in [0.29, 0.717) is 15.7 Å². The molecule has 0 aromatic heterocycles. The lowest BCUT2D eigenvalue weighted by atomic mass is 10.1. The number of carbonyl (C=O) groups is 2. The molecule has 2 amide bonds. The van der Waals surface area contributed by atoms with E-state index in [-0.39, 0.29) is 11.6 Å². The van der Waals surface area contributed by atoms with Crippen molar-refractivity contribution in [2.24, 2.45) is 0 Å². The number of rotatable bonds is 4. The van der Waals surface area contributed by atoms with Crippen molar-refractivity contribution in [2.75, 3.05) is 5.32 Å². The normalized spacial score (nSPS) is 11.1. The number of carbonyl (C=O) groups excluding carboxylic acids is 2. The average molecular weight is 363 g/mol. The fourth-order valence-corrected chi connectivity index (χ4v) is 2.49. The number of hydrogen-bond donors (Lipinski definition) is 2. The second-order valence-corrected chi connectivity index (χ2v) is 6.02. The van der Waals surface area contributed by atoms with Crippen molar-refractivity contribution in [2.45, 2.75) is 13.8 Å². The molecule has 0 aliphatic rings. The highest BCUT2D eigenvalue weighted by molar-refractivity contribution is 6.36. The van der Waals surface area contributed by atoms with Gasteiger partial charge in [-0.05, 0) is 42.3 Å². The summed E-state index contributed by atoms with van der Waals surface area (Å²) in [6.07, 6.45) is 1.62. The van der Waals surface area contributed by atoms with Crippen LogP contribution in [0.1, 0.15) is 18.1 Å². The van der Waals surface area contributed by atoms with Gasteiger partial charge in [-0.1, -0.05) is 47.5 Å². The first-order chi connectivity index (χ1) is 11.4. The van der Waals surface area contributed by atoms with Gasteiger partial charge in [0.1, 0.15) is 5.70 Å². The quantitative estimate of drug-likeness (QED) is 0.791. The van der Waals surface area contributed by atoms with E-state index in [1.54, 1.807) is 18.2 Å². The zero-order valence-corrected chi connectivity index (χ0v) is 14.7. The molecule has 0 heterocycles. The Balaban J connectivity index is 2.32. The molecule has 0 atom stereocenters. The molecule has 0 unspecified atom stereocenters. The summed E-state index contributed by atoms with van der Waals surface area (Å²) < 4.78 is 0. The van der Waals surface area contributed by atoms with Crippen LogP contribution in [0.3, 0.4) is 0 Å². The molecule has 124 valence electrons. The molecule has 0 saturated heterocycles. The lowest BCUT2D eigenvalue weighted by molar-refractivity contribution is -0.120. The third-order valence-corrected chi connectivity index (χ3v) is 3.77. The van der Waals surface area contributed by atoms with Gasteiger partial charge in [0.15, 0.2) is 0 Å². The fraction of sp³-hybridized carbons (Fsp3) is 0.111. The standard InChI is InChI=1S/C18H16Cl2N2O2/c1-11-5-3-4-6-13(11)9-17(21-12(2)23)18(24)22-16-8-7-14(19)10-15(16)20/h3-10H,1-2H3,(H,21,23)(H,22,24). The first-order valence-electron chi connectivity index (χ1n) is 7.18. The predicted octanol–water partition coefficient (Wildman–Crippen LogP) is 4.42. The van der Waals surface area contributed by atoms with Gasteiger partial charge < -0.3 is 10.6 Å². The number of nitrogens with one attached hydrogen (secondary N) is 2. The number of hydrogen-bond acceptors (Lipinski definition) is 2. The molecule has 0 saturated carbocycles. The first kappa shape index (κ1) is 18.0. The first-order valence-corrected chi connectivity index (χ1v) is 7.93. The maximum absolute atomic E-state index is 12.5. The fourth-order valence-electron chi connectivity index (χ4n) is 2.03. The van der Waals surface area contributed by atoms with Crippen LogP contribution in [0, 0.1) is 6.92 Å². The van der Waals surface area contributed by atoms with E-state index in [4.69, 9.17) is 23.2 Å². The summed E-state index contributed by atoms with van der Waals surface area (Å²) in [5.74, 6) is -0.815. The molecule has 2 aromatic carbocycles. The summed E-state index contributed by atoms with van der Waals surface area (Å²) in [4.78, 5) is 23.9. The molecule has 0 radical (unpaired) electrons. The molecule has 0 bridgehead atoms. The van der Waals surface area contributed by atoms with Crippen LogP contribution in [0.5, 0.6) is 0 Å². The number of benzene rings is 2. The van der Waals surface area contributed by atoms with Gasteiger partial charge in [-0.3, -0.25) is 9.59 Å². The molecule has 6 heteroatoms. The van der Waals surface area contributed by atoms with E-state index in [2.05, 4.69) is 10.6 Å². The minimum Gasteiger partial charge on any atom is -0.322 e. The Hall–Kier alpha value is -2.30. The molecule has 0 fully saturated rings. The van der Waals surface area contributed by atoms with E-state index in [9.17, 15) is 9.59 Å². The van der Waals surface area contributed by atoms with Crippen molar-refractivity contribution in [3.05, 3.63) is 69.3 Å². The number of halogens is 2. The van der Waals surface area contributed by atoms with Gasteiger partial charge in [-0.15, -0.1) is 0 Å². The number of amides is 2. The zero-order valence-electron chi connectivity index (χ0n) is 13.2. The minimum absolute atomic E-state index is 0.128. The summed E-state index contributed by atoms with van der Waals surface area (Å²) >= 11 is 11.9. The van der Waals surface area contributed by atoms with Gasteiger partial charge >= 0.3 is 0 Å². The van der Waals surface area contributed by atoms with E-state index < -0.39 is 5.91 Å². The molecule has 0 spiro atoms. The van der Waals surface area contributed by atoms with Gasteiger partial charge in [0, 0.05) is 11.9 Å². The molecular formula is C18H16Cl2N2O2. The van der Waals surface area contributed by atoms with Crippen molar-refractivity contribution >= 4 is 46.8 Å². The maximum atomic E-state index is 12.5. The van der Waals surface area contributed by atoms with Crippen molar-refractivity contribution in [3.8, 4) is 0 Å². The Kier molecular flexibility index (Phi) is 6.01. The second-order valence-electron chi connectivity index (χ2n) is 5.17. The van der Waals surface area contributed by atoms with Gasteiger partial charge in [-0.25, -0.2) is 0 Å². The Bertz CT molecular complexity index is 816. The van der Waals surface area contributed by atoms with Crippen LogP contribution in [-0.4, -0.2) is 11.8 Å². The van der Waals surface area contributed by atoms with Crippen LogP contribution >= 0.6 is 23.2 Å². The maximum Gasteiger partial charge on any atom is 0.272 e. The van der Waals surface area contributed by atoms with Crippen molar-refractivity contribution in [3.63, 3.8) is 0 Å². The van der Waals surface area contributed by atoms with Crippen LogP contribution < -0.4 is 10.6 Å². The summed E-state index contributed by atoms with van der Waals surface area (Å²) in [7, 11) is 0. The summed E-state index contributed by atoms with van der Waals surface area (Å²) in [5.41, 5.74) is 2.35. The van der Waals surface area contributed by atoms with Gasteiger partial charge in [0.05, 0.1) is 10.7 Å². The van der Waals surface area contributed by atoms with Gasteiger partial charge in [0.2, 0.25) is 5.91 Å². The molecule has 0 aliphatic carbocycles. The van der Waals surface area contributed by atoms with Crippen LogP contribution in [-0.2, 0) is 9.59 Å². The van der Waals surface area contributed by atoms with Crippen molar-refractivity contribution in [1.82, 2.24) is 5.32 Å². The number of anilines is 1. The molecule has 2 rings (SSSR count). The average Bonchev–Trinajstić information content (AvgIpc) is 2.51. The monoisotopic (exact) mass is 362 g/mol. The van der Waals surface area contributed by atoms with Crippen LogP contribution in [0.15, 0.2) is 48.2 Å². The van der Waals surface area contributed by atoms with Crippen LogP contribution in [0.2, 0.25) is 10.0 Å². The van der Waals surface area contributed by atoms with E-state index >= 15 is 0 Å². The highest BCUT2D eigenvalue weighted by Gasteiger charge is 2.14. The SMILES string of the molecule is CC(=O)NC(=Cc1ccccc1C)C(=O)Nc1ccc(Cl)cc1Cl. The Labute approximate surface area is 150 Å². The van der Waals surface area contributed by atoms with E-state index in [1.807, 2.05) is 31.2 Å². The lowest BCUT2D eigenvalue weighted by Crippen LogP contribution is -2.29. The van der Waals surface area contributed by atoms with Gasteiger partial charge in [-0.2, -0.15) is 0 Å².